The van der Waals surface area contributed by atoms with E-state index < -0.39 is 24.0 Å². The number of carbonyl (C=O) groups excluding carboxylic acids is 1. The van der Waals surface area contributed by atoms with Gasteiger partial charge in [-0.05, 0) is 46.3 Å². The highest BCUT2D eigenvalue weighted by molar-refractivity contribution is 9.10. The molecule has 0 saturated heterocycles. The molecular formula is C14H9BrClF2NO. The van der Waals surface area contributed by atoms with E-state index in [1.807, 2.05) is 0 Å². The highest BCUT2D eigenvalue weighted by atomic mass is 79.9. The summed E-state index contributed by atoms with van der Waals surface area (Å²) in [6.07, 6.45) is -0.391. The molecule has 0 heterocycles. The van der Waals surface area contributed by atoms with Crippen LogP contribution in [0.4, 0.5) is 14.5 Å². The van der Waals surface area contributed by atoms with E-state index in [-0.39, 0.29) is 5.56 Å². The van der Waals surface area contributed by atoms with Crippen molar-refractivity contribution in [1.29, 1.82) is 0 Å². The third-order valence-corrected chi connectivity index (χ3v) is 3.53. The van der Waals surface area contributed by atoms with Crippen molar-refractivity contribution in [2.24, 2.45) is 0 Å². The smallest absolute Gasteiger partial charge is 0.229 e. The fourth-order valence-corrected chi connectivity index (χ4v) is 2.17. The van der Waals surface area contributed by atoms with Crippen LogP contribution in [0.3, 0.4) is 0 Å². The lowest BCUT2D eigenvalue weighted by molar-refractivity contribution is -0.115. The molecule has 1 amide bonds. The molecule has 2 aromatic rings. The first-order valence-electron chi connectivity index (χ1n) is 5.65. The second-order valence-electron chi connectivity index (χ2n) is 4.05. The second-order valence-corrected chi connectivity index (χ2v) is 5.34. The van der Waals surface area contributed by atoms with E-state index in [4.69, 9.17) is 11.6 Å². The lowest BCUT2D eigenvalue weighted by atomic mass is 10.1. The number of amides is 1. The van der Waals surface area contributed by atoms with Crippen molar-refractivity contribution in [2.75, 3.05) is 5.32 Å². The minimum absolute atomic E-state index is 0.261. The van der Waals surface area contributed by atoms with E-state index in [1.54, 1.807) is 18.2 Å². The topological polar surface area (TPSA) is 29.1 Å². The van der Waals surface area contributed by atoms with E-state index in [9.17, 15) is 13.6 Å². The van der Waals surface area contributed by atoms with Crippen LogP contribution in [-0.2, 0) is 11.2 Å². The van der Waals surface area contributed by atoms with Gasteiger partial charge in [0.05, 0.1) is 12.1 Å². The SMILES string of the molecule is O=C(Cc1c(F)cccc1F)Nc1cc(Cl)ccc1Br. The molecule has 0 unspecified atom stereocenters. The quantitative estimate of drug-likeness (QED) is 0.854. The molecule has 0 aliphatic rings. The van der Waals surface area contributed by atoms with Gasteiger partial charge in [-0.25, -0.2) is 8.78 Å². The molecule has 0 aliphatic carbocycles. The maximum atomic E-state index is 13.4. The Bertz CT molecular complexity index is 643. The molecule has 0 bridgehead atoms. The van der Waals surface area contributed by atoms with Crippen LogP contribution >= 0.6 is 27.5 Å². The van der Waals surface area contributed by atoms with Gasteiger partial charge in [0, 0.05) is 15.1 Å². The number of hydrogen-bond donors (Lipinski definition) is 1. The summed E-state index contributed by atoms with van der Waals surface area (Å²) in [6.45, 7) is 0. The lowest BCUT2D eigenvalue weighted by Gasteiger charge is -2.09. The lowest BCUT2D eigenvalue weighted by Crippen LogP contribution is -2.16. The first-order valence-corrected chi connectivity index (χ1v) is 6.82. The summed E-state index contributed by atoms with van der Waals surface area (Å²) in [7, 11) is 0. The van der Waals surface area contributed by atoms with Crippen molar-refractivity contribution in [2.45, 2.75) is 6.42 Å². The second kappa shape index (κ2) is 6.33. The molecule has 0 saturated carbocycles. The van der Waals surface area contributed by atoms with Gasteiger partial charge in [-0.1, -0.05) is 17.7 Å². The zero-order valence-corrected chi connectivity index (χ0v) is 12.4. The van der Waals surface area contributed by atoms with Crippen molar-refractivity contribution in [3.63, 3.8) is 0 Å². The Morgan fingerprint density at radius 1 is 1.20 bits per heavy atom. The summed E-state index contributed by atoms with van der Waals surface area (Å²) < 4.78 is 27.5. The van der Waals surface area contributed by atoms with Crippen molar-refractivity contribution in [3.8, 4) is 0 Å². The number of nitrogens with one attached hydrogen (secondary N) is 1. The number of hydrogen-bond acceptors (Lipinski definition) is 1. The normalized spacial score (nSPS) is 10.4. The fourth-order valence-electron chi connectivity index (χ4n) is 1.65. The zero-order chi connectivity index (χ0) is 14.7. The molecule has 0 fully saturated rings. The van der Waals surface area contributed by atoms with E-state index in [0.717, 1.165) is 12.1 Å². The van der Waals surface area contributed by atoms with Crippen LogP contribution in [0.25, 0.3) is 0 Å². The number of halogens is 4. The molecule has 0 atom stereocenters. The summed E-state index contributed by atoms with van der Waals surface area (Å²) in [6, 6.07) is 8.34. The average molecular weight is 361 g/mol. The predicted molar refractivity (Wildman–Crippen MR) is 77.8 cm³/mol. The number of benzene rings is 2. The van der Waals surface area contributed by atoms with Gasteiger partial charge < -0.3 is 5.32 Å². The highest BCUT2D eigenvalue weighted by Crippen LogP contribution is 2.26. The molecule has 2 rings (SSSR count). The maximum Gasteiger partial charge on any atom is 0.229 e. The number of anilines is 1. The Morgan fingerprint density at radius 3 is 2.50 bits per heavy atom. The first-order chi connectivity index (χ1) is 9.47. The monoisotopic (exact) mass is 359 g/mol. The Labute approximate surface area is 127 Å². The molecule has 104 valence electrons. The molecule has 0 spiro atoms. The zero-order valence-electron chi connectivity index (χ0n) is 10.1. The van der Waals surface area contributed by atoms with Gasteiger partial charge in [0.2, 0.25) is 5.91 Å². The molecule has 0 aliphatic heterocycles. The average Bonchev–Trinajstić information content (AvgIpc) is 2.38. The van der Waals surface area contributed by atoms with Crippen LogP contribution in [0.5, 0.6) is 0 Å². The molecule has 20 heavy (non-hydrogen) atoms. The molecule has 2 nitrogen and oxygen atoms in total. The van der Waals surface area contributed by atoms with Crippen LogP contribution in [0.15, 0.2) is 40.9 Å². The third-order valence-electron chi connectivity index (χ3n) is 2.60. The Kier molecular flexibility index (Phi) is 4.73. The fraction of sp³-hybridized carbons (Fsp3) is 0.0714. The summed E-state index contributed by atoms with van der Waals surface area (Å²) in [5.74, 6) is -2.02. The van der Waals surface area contributed by atoms with Crippen molar-refractivity contribution in [3.05, 3.63) is 63.1 Å². The van der Waals surface area contributed by atoms with Crippen LogP contribution in [0, 0.1) is 11.6 Å². The summed E-state index contributed by atoms with van der Waals surface area (Å²) >= 11 is 9.07. The molecule has 1 N–H and O–H groups in total. The van der Waals surface area contributed by atoms with Crippen LogP contribution in [-0.4, -0.2) is 5.91 Å². The maximum absolute atomic E-state index is 13.4. The summed E-state index contributed by atoms with van der Waals surface area (Å²) in [5, 5.41) is 3.00. The summed E-state index contributed by atoms with van der Waals surface area (Å²) in [5.41, 5.74) is 0.183. The predicted octanol–water partition coefficient (Wildman–Crippen LogP) is 4.56. The van der Waals surface area contributed by atoms with Crippen molar-refractivity contribution in [1.82, 2.24) is 0 Å². The standard InChI is InChI=1S/C14H9BrClF2NO/c15-10-5-4-8(16)6-13(10)19-14(20)7-9-11(17)2-1-3-12(9)18/h1-6H,7H2,(H,19,20). The molecule has 0 radical (unpaired) electrons. The summed E-state index contributed by atoms with van der Waals surface area (Å²) in [4.78, 5) is 11.8. The largest absolute Gasteiger partial charge is 0.325 e. The van der Waals surface area contributed by atoms with E-state index in [1.165, 1.54) is 6.07 Å². The van der Waals surface area contributed by atoms with Gasteiger partial charge in [-0.15, -0.1) is 0 Å². The van der Waals surface area contributed by atoms with Crippen LogP contribution < -0.4 is 5.32 Å². The van der Waals surface area contributed by atoms with Crippen LogP contribution in [0.2, 0.25) is 5.02 Å². The molecule has 0 aromatic heterocycles. The minimum Gasteiger partial charge on any atom is -0.325 e. The molecule has 6 heteroatoms. The molecular weight excluding hydrogens is 352 g/mol. The van der Waals surface area contributed by atoms with Gasteiger partial charge in [0.25, 0.3) is 0 Å². The van der Waals surface area contributed by atoms with Gasteiger partial charge in [0.1, 0.15) is 11.6 Å². The minimum atomic E-state index is -0.745. The number of carbonyl (C=O) groups is 1. The van der Waals surface area contributed by atoms with Gasteiger partial charge >= 0.3 is 0 Å². The Balaban J connectivity index is 2.15. The van der Waals surface area contributed by atoms with E-state index in [2.05, 4.69) is 21.2 Å². The van der Waals surface area contributed by atoms with Crippen LogP contribution in [0.1, 0.15) is 5.56 Å². The third kappa shape index (κ3) is 3.55. The van der Waals surface area contributed by atoms with Crippen molar-refractivity contribution < 1.29 is 13.6 Å². The van der Waals surface area contributed by atoms with Gasteiger partial charge in [-0.3, -0.25) is 4.79 Å². The van der Waals surface area contributed by atoms with Gasteiger partial charge in [0.15, 0.2) is 0 Å². The van der Waals surface area contributed by atoms with Crippen molar-refractivity contribution >= 4 is 39.1 Å². The van der Waals surface area contributed by atoms with E-state index >= 15 is 0 Å². The first kappa shape index (κ1) is 14.9. The van der Waals surface area contributed by atoms with Gasteiger partial charge in [-0.2, -0.15) is 0 Å². The Morgan fingerprint density at radius 2 is 1.85 bits per heavy atom. The Hall–Kier alpha value is -1.46. The number of rotatable bonds is 3. The molecule has 2 aromatic carbocycles. The van der Waals surface area contributed by atoms with E-state index in [0.29, 0.717) is 15.2 Å². The highest BCUT2D eigenvalue weighted by Gasteiger charge is 2.14.